The number of carbonyl (C=O) groups is 1. The topological polar surface area (TPSA) is 59.2 Å². The Morgan fingerprint density at radius 2 is 2.08 bits per heavy atom. The molecule has 1 amide bonds. The molecule has 5 heteroatoms. The van der Waals surface area contributed by atoms with Crippen molar-refractivity contribution in [2.24, 2.45) is 0 Å². The van der Waals surface area contributed by atoms with E-state index >= 15 is 0 Å². The molecule has 0 N–H and O–H groups in total. The maximum Gasteiger partial charge on any atom is 0.230 e. The highest BCUT2D eigenvalue weighted by atomic mass is 16.5. The zero-order valence-electron chi connectivity index (χ0n) is 15.3. The molecule has 1 saturated heterocycles. The molecule has 1 aliphatic heterocycles. The lowest BCUT2D eigenvalue weighted by Crippen LogP contribution is -2.41. The van der Waals surface area contributed by atoms with Gasteiger partial charge in [0.2, 0.25) is 11.8 Å². The van der Waals surface area contributed by atoms with Gasteiger partial charge in [-0.05, 0) is 24.8 Å². The number of hydrogen-bond donors (Lipinski definition) is 0. The Bertz CT molecular complexity index is 696. The van der Waals surface area contributed by atoms with Gasteiger partial charge in [0, 0.05) is 24.9 Å². The first-order valence-electron chi connectivity index (χ1n) is 9.27. The highest BCUT2D eigenvalue weighted by Gasteiger charge is 2.31. The molecule has 3 rings (SSSR count). The van der Waals surface area contributed by atoms with Crippen molar-refractivity contribution in [2.75, 3.05) is 13.1 Å². The molecule has 1 aromatic carbocycles. The highest BCUT2D eigenvalue weighted by Crippen LogP contribution is 2.29. The summed E-state index contributed by atoms with van der Waals surface area (Å²) in [6.45, 7) is 7.65. The lowest BCUT2D eigenvalue weighted by atomic mass is 9.92. The molecule has 2 heterocycles. The van der Waals surface area contributed by atoms with Crippen LogP contribution in [0.5, 0.6) is 0 Å². The molecule has 0 unspecified atom stereocenters. The minimum Gasteiger partial charge on any atom is -0.341 e. The summed E-state index contributed by atoms with van der Waals surface area (Å²) in [7, 11) is 0. The predicted octanol–water partition coefficient (Wildman–Crippen LogP) is 4.09. The molecule has 1 aliphatic rings. The number of amides is 1. The van der Waals surface area contributed by atoms with Crippen LogP contribution in [0, 0.1) is 0 Å². The Morgan fingerprint density at radius 1 is 1.32 bits per heavy atom. The standard InChI is InChI=1S/C20H27N3O2/c1-4-17(15-9-6-5-7-10-15)20(24)23-12-8-11-16(13-23)18-21-19(14(2)3)25-22-18/h5-7,9-10,14,16-17H,4,8,11-13H2,1-3H3/t16-,17-/m0/s1. The molecule has 0 aliphatic carbocycles. The van der Waals surface area contributed by atoms with Gasteiger partial charge in [0.1, 0.15) is 0 Å². The van der Waals surface area contributed by atoms with Crippen LogP contribution in [0.1, 0.15) is 75.1 Å². The lowest BCUT2D eigenvalue weighted by molar-refractivity contribution is -0.134. The summed E-state index contributed by atoms with van der Waals surface area (Å²) in [5, 5.41) is 4.15. The summed E-state index contributed by atoms with van der Waals surface area (Å²) in [5.41, 5.74) is 1.10. The molecular formula is C20H27N3O2. The smallest absolute Gasteiger partial charge is 0.230 e. The van der Waals surface area contributed by atoms with Crippen molar-refractivity contribution in [2.45, 2.75) is 57.8 Å². The van der Waals surface area contributed by atoms with Crippen LogP contribution in [0.15, 0.2) is 34.9 Å². The molecule has 2 atom stereocenters. The van der Waals surface area contributed by atoms with E-state index in [2.05, 4.69) is 17.1 Å². The van der Waals surface area contributed by atoms with E-state index in [0.717, 1.165) is 37.2 Å². The van der Waals surface area contributed by atoms with E-state index in [9.17, 15) is 4.79 Å². The van der Waals surface area contributed by atoms with Gasteiger partial charge in [-0.2, -0.15) is 4.98 Å². The molecule has 25 heavy (non-hydrogen) atoms. The van der Waals surface area contributed by atoms with Crippen LogP contribution in [-0.2, 0) is 4.79 Å². The lowest BCUT2D eigenvalue weighted by Gasteiger charge is -2.33. The van der Waals surface area contributed by atoms with Gasteiger partial charge >= 0.3 is 0 Å². The van der Waals surface area contributed by atoms with E-state index < -0.39 is 0 Å². The second-order valence-corrected chi connectivity index (χ2v) is 7.14. The Morgan fingerprint density at radius 3 is 2.72 bits per heavy atom. The number of rotatable bonds is 5. The summed E-state index contributed by atoms with van der Waals surface area (Å²) in [6, 6.07) is 10.1. The molecular weight excluding hydrogens is 314 g/mol. The summed E-state index contributed by atoms with van der Waals surface area (Å²) in [5.74, 6) is 1.96. The van der Waals surface area contributed by atoms with Crippen molar-refractivity contribution in [3.8, 4) is 0 Å². The highest BCUT2D eigenvalue weighted by molar-refractivity contribution is 5.83. The normalized spacial score (nSPS) is 19.2. The Hall–Kier alpha value is -2.17. The Labute approximate surface area is 149 Å². The molecule has 5 nitrogen and oxygen atoms in total. The van der Waals surface area contributed by atoms with Crippen molar-refractivity contribution < 1.29 is 9.32 Å². The molecule has 1 fully saturated rings. The minimum atomic E-state index is -0.0727. The average Bonchev–Trinajstić information content (AvgIpc) is 3.14. The van der Waals surface area contributed by atoms with Gasteiger partial charge in [-0.1, -0.05) is 56.3 Å². The second kappa shape index (κ2) is 7.81. The van der Waals surface area contributed by atoms with Gasteiger partial charge in [0.25, 0.3) is 0 Å². The summed E-state index contributed by atoms with van der Waals surface area (Å²) in [4.78, 5) is 19.6. The first-order valence-corrected chi connectivity index (χ1v) is 9.27. The van der Waals surface area contributed by atoms with Crippen molar-refractivity contribution in [3.05, 3.63) is 47.6 Å². The van der Waals surface area contributed by atoms with E-state index in [0.29, 0.717) is 12.4 Å². The number of carbonyl (C=O) groups excluding carboxylic acids is 1. The molecule has 0 radical (unpaired) electrons. The van der Waals surface area contributed by atoms with Crippen LogP contribution in [0.4, 0.5) is 0 Å². The van der Waals surface area contributed by atoms with Crippen LogP contribution in [-0.4, -0.2) is 34.0 Å². The van der Waals surface area contributed by atoms with Crippen molar-refractivity contribution in [3.63, 3.8) is 0 Å². The number of benzene rings is 1. The maximum absolute atomic E-state index is 13.1. The predicted molar refractivity (Wildman–Crippen MR) is 96.4 cm³/mol. The molecule has 0 spiro atoms. The van der Waals surface area contributed by atoms with Gasteiger partial charge in [-0.25, -0.2) is 0 Å². The van der Waals surface area contributed by atoms with Gasteiger partial charge in [-0.15, -0.1) is 0 Å². The van der Waals surface area contributed by atoms with Crippen molar-refractivity contribution in [1.29, 1.82) is 0 Å². The molecule has 2 aromatic rings. The van der Waals surface area contributed by atoms with Crippen molar-refractivity contribution in [1.82, 2.24) is 15.0 Å². The van der Waals surface area contributed by atoms with Gasteiger partial charge in [0.05, 0.1) is 5.92 Å². The average molecular weight is 341 g/mol. The van der Waals surface area contributed by atoms with Crippen LogP contribution in [0.2, 0.25) is 0 Å². The Balaban J connectivity index is 1.72. The fourth-order valence-corrected chi connectivity index (χ4v) is 3.49. The summed E-state index contributed by atoms with van der Waals surface area (Å²) in [6.07, 6.45) is 2.79. The number of likely N-dealkylation sites (tertiary alicyclic amines) is 1. The molecule has 0 saturated carbocycles. The maximum atomic E-state index is 13.1. The third-order valence-corrected chi connectivity index (χ3v) is 4.96. The Kier molecular flexibility index (Phi) is 5.51. The molecule has 0 bridgehead atoms. The zero-order valence-corrected chi connectivity index (χ0v) is 15.3. The van der Waals surface area contributed by atoms with E-state index in [4.69, 9.17) is 4.52 Å². The van der Waals surface area contributed by atoms with Crippen LogP contribution in [0.3, 0.4) is 0 Å². The van der Waals surface area contributed by atoms with Crippen LogP contribution < -0.4 is 0 Å². The van der Waals surface area contributed by atoms with E-state index in [1.807, 2.05) is 49.1 Å². The number of hydrogen-bond acceptors (Lipinski definition) is 4. The fraction of sp³-hybridized carbons (Fsp3) is 0.550. The van der Waals surface area contributed by atoms with Gasteiger partial charge < -0.3 is 9.42 Å². The molecule has 134 valence electrons. The SMILES string of the molecule is CC[C@H](C(=O)N1CCC[C@H](c2noc(C(C)C)n2)C1)c1ccccc1. The quantitative estimate of drug-likeness (QED) is 0.822. The number of aromatic nitrogens is 2. The fourth-order valence-electron chi connectivity index (χ4n) is 3.49. The minimum absolute atomic E-state index is 0.0727. The van der Waals surface area contributed by atoms with E-state index in [1.54, 1.807) is 0 Å². The van der Waals surface area contributed by atoms with Crippen LogP contribution in [0.25, 0.3) is 0 Å². The largest absolute Gasteiger partial charge is 0.341 e. The summed E-state index contributed by atoms with van der Waals surface area (Å²) < 4.78 is 5.35. The summed E-state index contributed by atoms with van der Waals surface area (Å²) >= 11 is 0. The first-order chi connectivity index (χ1) is 12.1. The van der Waals surface area contributed by atoms with Gasteiger partial charge in [0.15, 0.2) is 5.82 Å². The van der Waals surface area contributed by atoms with Crippen LogP contribution >= 0.6 is 0 Å². The third-order valence-electron chi connectivity index (χ3n) is 4.96. The third kappa shape index (κ3) is 3.91. The molecule has 1 aromatic heterocycles. The first kappa shape index (κ1) is 17.6. The van der Waals surface area contributed by atoms with Gasteiger partial charge in [-0.3, -0.25) is 4.79 Å². The number of nitrogens with zero attached hydrogens (tertiary/aromatic N) is 3. The number of piperidine rings is 1. The monoisotopic (exact) mass is 341 g/mol. The van der Waals surface area contributed by atoms with Crippen molar-refractivity contribution >= 4 is 5.91 Å². The van der Waals surface area contributed by atoms with E-state index in [1.165, 1.54) is 0 Å². The van der Waals surface area contributed by atoms with E-state index in [-0.39, 0.29) is 23.7 Å². The second-order valence-electron chi connectivity index (χ2n) is 7.14. The zero-order chi connectivity index (χ0) is 17.8.